The largest absolute Gasteiger partial charge is 0.368 e. The number of ether oxygens (including phenoxy) is 1. The topological polar surface area (TPSA) is 9.23 Å². The zero-order chi connectivity index (χ0) is 9.10. The van der Waals surface area contributed by atoms with E-state index in [0.717, 1.165) is 0 Å². The molecule has 68 valence electrons. The first-order valence-electron chi connectivity index (χ1n) is 4.36. The van der Waals surface area contributed by atoms with E-state index < -0.39 is 0 Å². The van der Waals surface area contributed by atoms with E-state index in [1.54, 1.807) is 0 Å². The summed E-state index contributed by atoms with van der Waals surface area (Å²) in [6.07, 6.45) is 4.26. The molecule has 0 aliphatic heterocycles. The highest BCUT2D eigenvalue weighted by Gasteiger charge is 2.15. The summed E-state index contributed by atoms with van der Waals surface area (Å²) < 4.78 is 5.56. The summed E-state index contributed by atoms with van der Waals surface area (Å²) in [7, 11) is 0. The summed E-state index contributed by atoms with van der Waals surface area (Å²) in [5, 5.41) is 0. The highest BCUT2D eigenvalue weighted by Crippen LogP contribution is 2.30. The lowest BCUT2D eigenvalue weighted by molar-refractivity contribution is 0.101. The Morgan fingerprint density at radius 2 is 2.15 bits per heavy atom. The van der Waals surface area contributed by atoms with Crippen LogP contribution in [0.15, 0.2) is 30.3 Å². The second kappa shape index (κ2) is 3.95. The van der Waals surface area contributed by atoms with E-state index in [1.807, 2.05) is 12.1 Å². The van der Waals surface area contributed by atoms with Crippen LogP contribution in [-0.2, 0) is 4.74 Å². The molecule has 1 unspecified atom stereocenters. The summed E-state index contributed by atoms with van der Waals surface area (Å²) in [6.45, 7) is 0.602. The van der Waals surface area contributed by atoms with Crippen molar-refractivity contribution < 1.29 is 4.74 Å². The first-order valence-corrected chi connectivity index (χ1v) is 4.90. The van der Waals surface area contributed by atoms with E-state index in [1.165, 1.54) is 11.1 Å². The average Bonchev–Trinajstić information content (AvgIpc) is 2.58. The van der Waals surface area contributed by atoms with Crippen molar-refractivity contribution in [2.45, 2.75) is 6.10 Å². The monoisotopic (exact) mass is 194 g/mol. The molecule has 0 aromatic heterocycles. The second-order valence-electron chi connectivity index (χ2n) is 2.97. The molecule has 0 N–H and O–H groups in total. The third-order valence-corrected chi connectivity index (χ3v) is 2.28. The molecule has 1 nitrogen and oxygen atoms in total. The molecule has 1 aliphatic rings. The van der Waals surface area contributed by atoms with Gasteiger partial charge in [0, 0.05) is 5.88 Å². The van der Waals surface area contributed by atoms with Gasteiger partial charge in [-0.15, -0.1) is 11.6 Å². The van der Waals surface area contributed by atoms with E-state index in [4.69, 9.17) is 16.3 Å². The maximum Gasteiger partial charge on any atom is 0.102 e. The van der Waals surface area contributed by atoms with Gasteiger partial charge < -0.3 is 4.74 Å². The summed E-state index contributed by atoms with van der Waals surface area (Å²) in [6, 6.07) is 8.25. The zero-order valence-electron chi connectivity index (χ0n) is 7.24. The molecule has 0 bridgehead atoms. The van der Waals surface area contributed by atoms with Gasteiger partial charge >= 0.3 is 0 Å². The maximum absolute atomic E-state index is 5.56. The lowest BCUT2D eigenvalue weighted by Crippen LogP contribution is -2.01. The van der Waals surface area contributed by atoms with Gasteiger partial charge in [0.05, 0.1) is 6.61 Å². The van der Waals surface area contributed by atoms with Gasteiger partial charge in [0.1, 0.15) is 6.10 Å². The van der Waals surface area contributed by atoms with Gasteiger partial charge in [0.15, 0.2) is 0 Å². The normalized spacial score (nSPS) is 19.0. The van der Waals surface area contributed by atoms with Crippen molar-refractivity contribution in [3.63, 3.8) is 0 Å². The first kappa shape index (κ1) is 8.79. The molecule has 0 fully saturated rings. The Bertz CT molecular complexity index is 320. The van der Waals surface area contributed by atoms with Gasteiger partial charge in [-0.2, -0.15) is 0 Å². The number of benzene rings is 1. The van der Waals surface area contributed by atoms with Crippen LogP contribution in [0.25, 0.3) is 6.08 Å². The minimum absolute atomic E-state index is 0.106. The highest BCUT2D eigenvalue weighted by atomic mass is 35.5. The van der Waals surface area contributed by atoms with E-state index in [2.05, 4.69) is 24.3 Å². The molecule has 1 atom stereocenters. The van der Waals surface area contributed by atoms with Crippen LogP contribution in [-0.4, -0.2) is 12.5 Å². The predicted molar refractivity (Wildman–Crippen MR) is 54.9 cm³/mol. The quantitative estimate of drug-likeness (QED) is 0.673. The van der Waals surface area contributed by atoms with Crippen LogP contribution in [0.4, 0.5) is 0 Å². The van der Waals surface area contributed by atoms with Crippen molar-refractivity contribution in [3.05, 3.63) is 41.5 Å². The van der Waals surface area contributed by atoms with Crippen molar-refractivity contribution in [1.82, 2.24) is 0 Å². The molecule has 0 saturated heterocycles. The Hall–Kier alpha value is -0.790. The van der Waals surface area contributed by atoms with Crippen molar-refractivity contribution in [1.29, 1.82) is 0 Å². The van der Waals surface area contributed by atoms with Crippen molar-refractivity contribution in [2.24, 2.45) is 0 Å². The molecule has 13 heavy (non-hydrogen) atoms. The van der Waals surface area contributed by atoms with Crippen LogP contribution in [0.5, 0.6) is 0 Å². The van der Waals surface area contributed by atoms with Gasteiger partial charge in [-0.05, 0) is 11.1 Å². The second-order valence-corrected chi connectivity index (χ2v) is 3.35. The van der Waals surface area contributed by atoms with Crippen LogP contribution in [0.3, 0.4) is 0 Å². The minimum atomic E-state index is 0.106. The molecular weight excluding hydrogens is 184 g/mol. The molecule has 1 aromatic rings. The van der Waals surface area contributed by atoms with Crippen LogP contribution in [0.2, 0.25) is 0 Å². The third kappa shape index (κ3) is 1.77. The Kier molecular flexibility index (Phi) is 2.67. The number of fused-ring (bicyclic) bond motifs is 1. The zero-order valence-corrected chi connectivity index (χ0v) is 8.00. The minimum Gasteiger partial charge on any atom is -0.368 e. The van der Waals surface area contributed by atoms with Gasteiger partial charge in [0.25, 0.3) is 0 Å². The number of halogens is 1. The Balaban J connectivity index is 2.14. The fourth-order valence-corrected chi connectivity index (χ4v) is 1.62. The third-order valence-electron chi connectivity index (χ3n) is 2.13. The van der Waals surface area contributed by atoms with E-state index in [9.17, 15) is 0 Å². The van der Waals surface area contributed by atoms with Crippen LogP contribution < -0.4 is 0 Å². The number of alkyl halides is 1. The lowest BCUT2D eigenvalue weighted by Gasteiger charge is -2.10. The summed E-state index contributed by atoms with van der Waals surface area (Å²) in [4.78, 5) is 0. The molecule has 0 saturated carbocycles. The van der Waals surface area contributed by atoms with Gasteiger partial charge in [-0.3, -0.25) is 0 Å². The Morgan fingerprint density at radius 1 is 1.31 bits per heavy atom. The number of hydrogen-bond acceptors (Lipinski definition) is 1. The number of rotatable bonds is 3. The first-order chi connectivity index (χ1) is 6.42. The maximum atomic E-state index is 5.56. The molecule has 2 rings (SSSR count). The standard InChI is InChI=1S/C11H11ClO/c12-7-8-13-11-6-5-9-3-1-2-4-10(9)11/h1-6,11H,7-8H2. The smallest absolute Gasteiger partial charge is 0.102 e. The van der Waals surface area contributed by atoms with E-state index >= 15 is 0 Å². The van der Waals surface area contributed by atoms with Crippen LogP contribution in [0.1, 0.15) is 17.2 Å². The highest BCUT2D eigenvalue weighted by molar-refractivity contribution is 6.17. The van der Waals surface area contributed by atoms with Crippen molar-refractivity contribution >= 4 is 17.7 Å². The molecular formula is C11H11ClO. The summed E-state index contributed by atoms with van der Waals surface area (Å²) >= 11 is 5.56. The van der Waals surface area contributed by atoms with Gasteiger partial charge in [-0.1, -0.05) is 36.4 Å². The van der Waals surface area contributed by atoms with Crippen LogP contribution in [0, 0.1) is 0 Å². The van der Waals surface area contributed by atoms with Gasteiger partial charge in [-0.25, -0.2) is 0 Å². The van der Waals surface area contributed by atoms with Crippen molar-refractivity contribution in [3.8, 4) is 0 Å². The SMILES string of the molecule is ClCCOC1C=Cc2ccccc21. The Morgan fingerprint density at radius 3 is 3.00 bits per heavy atom. The van der Waals surface area contributed by atoms with E-state index in [-0.39, 0.29) is 6.10 Å². The number of hydrogen-bond donors (Lipinski definition) is 0. The molecule has 1 aromatic carbocycles. The lowest BCUT2D eigenvalue weighted by atomic mass is 10.1. The van der Waals surface area contributed by atoms with Crippen LogP contribution >= 0.6 is 11.6 Å². The Labute approximate surface area is 83.0 Å². The molecule has 2 heteroatoms. The molecule has 1 aliphatic carbocycles. The van der Waals surface area contributed by atoms with E-state index in [0.29, 0.717) is 12.5 Å². The molecule has 0 amide bonds. The summed E-state index contributed by atoms with van der Waals surface area (Å²) in [5.41, 5.74) is 2.50. The molecule has 0 spiro atoms. The fourth-order valence-electron chi connectivity index (χ4n) is 1.53. The fraction of sp³-hybridized carbons (Fsp3) is 0.273. The molecule has 0 radical (unpaired) electrons. The predicted octanol–water partition coefficient (Wildman–Crippen LogP) is 3.01. The average molecular weight is 195 g/mol. The summed E-state index contributed by atoms with van der Waals surface area (Å²) in [5.74, 6) is 0.548. The van der Waals surface area contributed by atoms with Gasteiger partial charge in [0.2, 0.25) is 0 Å². The van der Waals surface area contributed by atoms with Crippen molar-refractivity contribution in [2.75, 3.05) is 12.5 Å². The molecule has 0 heterocycles.